The molecule has 0 aliphatic carbocycles. The topological polar surface area (TPSA) is 59.0 Å². The van der Waals surface area contributed by atoms with Crippen molar-refractivity contribution in [3.8, 4) is 0 Å². The van der Waals surface area contributed by atoms with E-state index in [1.807, 2.05) is 0 Å². The summed E-state index contributed by atoms with van der Waals surface area (Å²) in [4.78, 5) is 26.8. The van der Waals surface area contributed by atoms with E-state index in [0.717, 1.165) is 0 Å². The van der Waals surface area contributed by atoms with Crippen molar-refractivity contribution in [3.05, 3.63) is 24.4 Å². The predicted octanol–water partition coefficient (Wildman–Crippen LogP) is 0.778. The number of carbonyl (C=O) groups is 2. The zero-order chi connectivity index (χ0) is 12.4. The molecule has 88 valence electrons. The van der Waals surface area contributed by atoms with Crippen LogP contribution in [0, 0.1) is 0 Å². The highest BCUT2D eigenvalue weighted by Gasteiger charge is 2.07. The van der Waals surface area contributed by atoms with E-state index in [1.54, 1.807) is 20.0 Å². The molecule has 1 amide bonds. The maximum Gasteiger partial charge on any atom is 0.339 e. The van der Waals surface area contributed by atoms with Gasteiger partial charge >= 0.3 is 5.97 Å². The molecule has 16 heavy (non-hydrogen) atoms. The van der Waals surface area contributed by atoms with E-state index < -0.39 is 5.97 Å². The Labute approximate surface area is 95.1 Å². The molecule has 0 saturated heterocycles. The lowest BCUT2D eigenvalue weighted by Crippen LogP contribution is -2.23. The second kappa shape index (κ2) is 8.40. The lowest BCUT2D eigenvalue weighted by Gasteiger charge is -2.10. The van der Waals surface area contributed by atoms with Crippen LogP contribution in [0.25, 0.3) is 0 Å². The molecule has 0 heterocycles. The SMILES string of the molecule is C=CN=C/C(=C\C)C(=O)OCCN(C)C=O. The summed E-state index contributed by atoms with van der Waals surface area (Å²) in [5.41, 5.74) is 0.355. The van der Waals surface area contributed by atoms with E-state index in [9.17, 15) is 9.59 Å². The first-order valence-corrected chi connectivity index (χ1v) is 4.78. The monoisotopic (exact) mass is 224 g/mol. The van der Waals surface area contributed by atoms with Gasteiger partial charge in [-0.2, -0.15) is 0 Å². The Morgan fingerprint density at radius 3 is 2.75 bits per heavy atom. The van der Waals surface area contributed by atoms with Crippen LogP contribution in [0.5, 0.6) is 0 Å². The van der Waals surface area contributed by atoms with Crippen LogP contribution < -0.4 is 0 Å². The van der Waals surface area contributed by atoms with Crippen LogP contribution in [0.1, 0.15) is 6.92 Å². The number of likely N-dealkylation sites (N-methyl/N-ethyl adjacent to an activating group) is 1. The first kappa shape index (κ1) is 14.1. The average molecular weight is 224 g/mol. The van der Waals surface area contributed by atoms with Gasteiger partial charge in [0.15, 0.2) is 0 Å². The van der Waals surface area contributed by atoms with Crippen LogP contribution in [0.3, 0.4) is 0 Å². The Hall–Kier alpha value is -1.91. The standard InChI is InChI=1S/C11H16N2O3/c1-4-10(8-12-5-2)11(15)16-7-6-13(3)9-14/h4-5,8-9H,2,6-7H2,1,3H3/b10-4+,12-8?. The highest BCUT2D eigenvalue weighted by molar-refractivity contribution is 6.09. The Morgan fingerprint density at radius 1 is 1.56 bits per heavy atom. The van der Waals surface area contributed by atoms with E-state index in [2.05, 4.69) is 11.6 Å². The minimum absolute atomic E-state index is 0.160. The van der Waals surface area contributed by atoms with Gasteiger partial charge in [0.05, 0.1) is 12.1 Å². The molecule has 0 fully saturated rings. The first-order valence-electron chi connectivity index (χ1n) is 4.78. The van der Waals surface area contributed by atoms with Crippen LogP contribution in [-0.2, 0) is 14.3 Å². The lowest BCUT2D eigenvalue weighted by molar-refractivity contribution is -0.139. The van der Waals surface area contributed by atoms with Gasteiger partial charge in [-0.15, -0.1) is 0 Å². The molecule has 5 heteroatoms. The molecule has 0 bridgehead atoms. The van der Waals surface area contributed by atoms with Gasteiger partial charge in [-0.1, -0.05) is 12.7 Å². The first-order chi connectivity index (χ1) is 7.65. The third-order valence-corrected chi connectivity index (χ3v) is 1.72. The number of amides is 1. The van der Waals surface area contributed by atoms with Gasteiger partial charge in [0.2, 0.25) is 6.41 Å². The van der Waals surface area contributed by atoms with Crippen molar-refractivity contribution < 1.29 is 14.3 Å². The van der Waals surface area contributed by atoms with Gasteiger partial charge in [0.25, 0.3) is 0 Å². The van der Waals surface area contributed by atoms with Crippen molar-refractivity contribution in [2.75, 3.05) is 20.2 Å². The highest BCUT2D eigenvalue weighted by atomic mass is 16.5. The molecular weight excluding hydrogens is 208 g/mol. The lowest BCUT2D eigenvalue weighted by atomic mass is 10.3. The summed E-state index contributed by atoms with van der Waals surface area (Å²) in [5, 5.41) is 0. The fourth-order valence-corrected chi connectivity index (χ4v) is 0.796. The Morgan fingerprint density at radius 2 is 2.25 bits per heavy atom. The molecular formula is C11H16N2O3. The molecule has 0 rings (SSSR count). The fraction of sp³-hybridized carbons (Fsp3) is 0.364. The number of esters is 1. The number of aliphatic imine (C=N–C) groups is 1. The van der Waals surface area contributed by atoms with Crippen LogP contribution in [0.2, 0.25) is 0 Å². The molecule has 0 spiro atoms. The largest absolute Gasteiger partial charge is 0.460 e. The van der Waals surface area contributed by atoms with Gasteiger partial charge in [0.1, 0.15) is 6.61 Å². The number of allylic oxidation sites excluding steroid dienone is 1. The van der Waals surface area contributed by atoms with Gasteiger partial charge in [-0.3, -0.25) is 9.79 Å². The van der Waals surface area contributed by atoms with E-state index in [-0.39, 0.29) is 6.61 Å². The van der Waals surface area contributed by atoms with E-state index >= 15 is 0 Å². The minimum atomic E-state index is -0.465. The van der Waals surface area contributed by atoms with E-state index in [4.69, 9.17) is 4.74 Å². The predicted molar refractivity (Wildman–Crippen MR) is 62.1 cm³/mol. The molecule has 0 aromatic rings. The second-order valence-electron chi connectivity index (χ2n) is 2.93. The van der Waals surface area contributed by atoms with Crippen molar-refractivity contribution in [2.24, 2.45) is 4.99 Å². The van der Waals surface area contributed by atoms with Crippen molar-refractivity contribution in [3.63, 3.8) is 0 Å². The molecule has 0 aromatic carbocycles. The molecule has 0 atom stereocenters. The summed E-state index contributed by atoms with van der Waals surface area (Å²) in [6, 6.07) is 0. The quantitative estimate of drug-likeness (QED) is 0.278. The molecule has 0 saturated carbocycles. The second-order valence-corrected chi connectivity index (χ2v) is 2.93. The molecule has 0 aromatic heterocycles. The Kier molecular flexibility index (Phi) is 7.40. The van der Waals surface area contributed by atoms with Crippen LogP contribution in [0.15, 0.2) is 29.4 Å². The van der Waals surface area contributed by atoms with Gasteiger partial charge in [-0.05, 0) is 6.92 Å². The maximum absolute atomic E-state index is 11.4. The van der Waals surface area contributed by atoms with Crippen LogP contribution in [-0.4, -0.2) is 43.7 Å². The summed E-state index contributed by atoms with van der Waals surface area (Å²) in [6.45, 7) is 5.64. The van der Waals surface area contributed by atoms with Crippen LogP contribution >= 0.6 is 0 Å². The molecule has 0 aliphatic rings. The number of rotatable bonds is 7. The number of nitrogens with zero attached hydrogens (tertiary/aromatic N) is 2. The van der Waals surface area contributed by atoms with Crippen LogP contribution in [0.4, 0.5) is 0 Å². The zero-order valence-corrected chi connectivity index (χ0v) is 9.55. The summed E-state index contributed by atoms with van der Waals surface area (Å²) < 4.78 is 4.93. The average Bonchev–Trinajstić information content (AvgIpc) is 2.29. The van der Waals surface area contributed by atoms with E-state index in [1.165, 1.54) is 17.3 Å². The number of hydrogen-bond donors (Lipinski definition) is 0. The van der Waals surface area contributed by atoms with Crippen molar-refractivity contribution in [1.29, 1.82) is 0 Å². The Bertz CT molecular complexity index is 308. The number of carbonyl (C=O) groups excluding carboxylic acids is 2. The maximum atomic E-state index is 11.4. The smallest absolute Gasteiger partial charge is 0.339 e. The normalized spacial score (nSPS) is 11.2. The van der Waals surface area contributed by atoms with Gasteiger partial charge in [-0.25, -0.2) is 4.79 Å². The molecule has 5 nitrogen and oxygen atoms in total. The summed E-state index contributed by atoms with van der Waals surface area (Å²) in [6.07, 6.45) is 4.97. The van der Waals surface area contributed by atoms with Crippen molar-refractivity contribution >= 4 is 18.6 Å². The van der Waals surface area contributed by atoms with E-state index in [0.29, 0.717) is 18.5 Å². The summed E-state index contributed by atoms with van der Waals surface area (Å²) in [7, 11) is 1.61. The van der Waals surface area contributed by atoms with Gasteiger partial charge < -0.3 is 9.64 Å². The summed E-state index contributed by atoms with van der Waals surface area (Å²) in [5.74, 6) is -0.465. The highest BCUT2D eigenvalue weighted by Crippen LogP contribution is 1.95. The third-order valence-electron chi connectivity index (χ3n) is 1.72. The zero-order valence-electron chi connectivity index (χ0n) is 9.55. The molecule has 0 aliphatic heterocycles. The number of hydrogen-bond acceptors (Lipinski definition) is 4. The molecule has 0 unspecified atom stereocenters. The van der Waals surface area contributed by atoms with Crippen molar-refractivity contribution in [1.82, 2.24) is 4.90 Å². The fourth-order valence-electron chi connectivity index (χ4n) is 0.796. The minimum Gasteiger partial charge on any atom is -0.460 e. The number of ether oxygens (including phenoxy) is 1. The molecule has 0 N–H and O–H groups in total. The summed E-state index contributed by atoms with van der Waals surface area (Å²) >= 11 is 0. The Balaban J connectivity index is 4.08. The van der Waals surface area contributed by atoms with Crippen molar-refractivity contribution in [2.45, 2.75) is 6.92 Å². The molecule has 0 radical (unpaired) electrons. The van der Waals surface area contributed by atoms with Gasteiger partial charge in [0, 0.05) is 19.5 Å². The third kappa shape index (κ3) is 5.74.